The fourth-order valence-corrected chi connectivity index (χ4v) is 2.90. The third-order valence-corrected chi connectivity index (χ3v) is 4.07. The van der Waals surface area contributed by atoms with Gasteiger partial charge < -0.3 is 14.7 Å². The molecule has 0 saturated carbocycles. The number of nitrogens with one attached hydrogen (secondary N) is 1. The van der Waals surface area contributed by atoms with Crippen LogP contribution in [0.5, 0.6) is 0 Å². The van der Waals surface area contributed by atoms with Crippen molar-refractivity contribution in [3.63, 3.8) is 0 Å². The smallest absolute Gasteiger partial charge is 0.248 e. The van der Waals surface area contributed by atoms with Crippen molar-refractivity contribution >= 4 is 17.3 Å². The number of carbonyl (C=O) groups excluding carboxylic acids is 1. The zero-order valence-corrected chi connectivity index (χ0v) is 13.8. The van der Waals surface area contributed by atoms with E-state index in [9.17, 15) is 4.79 Å². The van der Waals surface area contributed by atoms with E-state index in [1.807, 2.05) is 24.0 Å². The molecule has 2 aromatic rings. The molecule has 0 unspecified atom stereocenters. The number of nitrogens with zero attached hydrogens (tertiary/aromatic N) is 3. The van der Waals surface area contributed by atoms with Crippen LogP contribution in [0, 0.1) is 0 Å². The van der Waals surface area contributed by atoms with Crippen LogP contribution in [0.15, 0.2) is 22.7 Å². The van der Waals surface area contributed by atoms with Crippen LogP contribution in [0.3, 0.4) is 0 Å². The highest BCUT2D eigenvalue weighted by molar-refractivity contribution is 5.94. The van der Waals surface area contributed by atoms with Gasteiger partial charge in [-0.05, 0) is 43.5 Å². The molecule has 0 bridgehead atoms. The van der Waals surface area contributed by atoms with E-state index in [0.29, 0.717) is 5.89 Å². The first-order valence-corrected chi connectivity index (χ1v) is 8.08. The Labute approximate surface area is 135 Å². The van der Waals surface area contributed by atoms with Crippen molar-refractivity contribution in [3.05, 3.63) is 35.5 Å². The van der Waals surface area contributed by atoms with Crippen LogP contribution in [0.25, 0.3) is 0 Å². The number of rotatable bonds is 5. The maximum absolute atomic E-state index is 11.6. The predicted molar refractivity (Wildman–Crippen MR) is 88.5 cm³/mol. The summed E-state index contributed by atoms with van der Waals surface area (Å²) in [6, 6.07) is 6.02. The highest BCUT2D eigenvalue weighted by Gasteiger charge is 2.22. The number of hydrogen-bond acceptors (Lipinski definition) is 5. The molecule has 0 saturated heterocycles. The summed E-state index contributed by atoms with van der Waals surface area (Å²) >= 11 is 0. The number of amides is 1. The highest BCUT2D eigenvalue weighted by Crippen LogP contribution is 2.31. The average molecular weight is 314 g/mol. The lowest BCUT2D eigenvalue weighted by atomic mass is 10.1. The normalized spacial score (nSPS) is 14.7. The molecule has 0 aliphatic carbocycles. The Balaban J connectivity index is 1.72. The molecule has 2 heterocycles. The molecular formula is C17H22N4O2. The highest BCUT2D eigenvalue weighted by atomic mass is 16.5. The van der Waals surface area contributed by atoms with Crippen LogP contribution in [-0.2, 0) is 17.6 Å². The summed E-state index contributed by atoms with van der Waals surface area (Å²) in [5.74, 6) is 1.44. The second kappa shape index (κ2) is 6.40. The molecule has 23 heavy (non-hydrogen) atoms. The number of carbonyl (C=O) groups is 1. The maximum Gasteiger partial charge on any atom is 0.248 e. The summed E-state index contributed by atoms with van der Waals surface area (Å²) < 4.78 is 5.32. The zero-order valence-electron chi connectivity index (χ0n) is 13.8. The molecule has 0 fully saturated rings. The van der Waals surface area contributed by atoms with Gasteiger partial charge in [0.15, 0.2) is 5.82 Å². The maximum atomic E-state index is 11.6. The van der Waals surface area contributed by atoms with Crippen molar-refractivity contribution in [1.29, 1.82) is 0 Å². The third-order valence-electron chi connectivity index (χ3n) is 4.07. The zero-order chi connectivity index (χ0) is 16.4. The van der Waals surface area contributed by atoms with Crippen molar-refractivity contribution in [2.45, 2.75) is 46.1 Å². The lowest BCUT2D eigenvalue weighted by Crippen LogP contribution is -2.25. The van der Waals surface area contributed by atoms with Crippen molar-refractivity contribution in [1.82, 2.24) is 10.1 Å². The Bertz CT molecular complexity index is 710. The molecule has 0 radical (unpaired) electrons. The molecule has 1 amide bonds. The van der Waals surface area contributed by atoms with Gasteiger partial charge in [-0.2, -0.15) is 4.98 Å². The number of hydrogen-bond donors (Lipinski definition) is 1. The molecule has 1 N–H and O–H groups in total. The van der Waals surface area contributed by atoms with Gasteiger partial charge in [-0.25, -0.2) is 0 Å². The first-order chi connectivity index (χ1) is 11.1. The van der Waals surface area contributed by atoms with Crippen LogP contribution in [0.1, 0.15) is 50.5 Å². The van der Waals surface area contributed by atoms with Gasteiger partial charge in [-0.1, -0.05) is 12.1 Å². The summed E-state index contributed by atoms with van der Waals surface area (Å²) in [6.07, 6.45) is 2.72. The molecule has 1 aromatic carbocycles. The molecule has 1 aliphatic rings. The van der Waals surface area contributed by atoms with Gasteiger partial charge in [-0.3, -0.25) is 4.79 Å². The van der Waals surface area contributed by atoms with E-state index in [0.717, 1.165) is 43.0 Å². The summed E-state index contributed by atoms with van der Waals surface area (Å²) in [4.78, 5) is 17.8. The van der Waals surface area contributed by atoms with Gasteiger partial charge >= 0.3 is 0 Å². The molecule has 6 nitrogen and oxygen atoms in total. The molecule has 3 rings (SSSR count). The monoisotopic (exact) mass is 314 g/mol. The summed E-state index contributed by atoms with van der Waals surface area (Å²) in [5, 5.41) is 7.37. The summed E-state index contributed by atoms with van der Waals surface area (Å²) in [5.41, 5.74) is 3.20. The fourth-order valence-electron chi connectivity index (χ4n) is 2.90. The molecule has 0 spiro atoms. The number of anilines is 2. The minimum absolute atomic E-state index is 0.0588. The van der Waals surface area contributed by atoms with Crippen LogP contribution in [0.4, 0.5) is 11.4 Å². The summed E-state index contributed by atoms with van der Waals surface area (Å²) in [6.45, 7) is 6.45. The van der Waals surface area contributed by atoms with Gasteiger partial charge in [0.05, 0.1) is 0 Å². The SMILES string of the molecule is CCCc1noc([C@@H](C)Nc2ccc3c(c2)CCN3C(C)=O)n1. The van der Waals surface area contributed by atoms with E-state index in [-0.39, 0.29) is 11.9 Å². The van der Waals surface area contributed by atoms with Crippen LogP contribution >= 0.6 is 0 Å². The standard InChI is InChI=1S/C17H22N4O2/c1-4-5-16-19-17(23-20-16)11(2)18-14-6-7-15-13(10-14)8-9-21(15)12(3)22/h6-7,10-11,18H,4-5,8-9H2,1-3H3/t11-/m1/s1. The quantitative estimate of drug-likeness (QED) is 0.918. The van der Waals surface area contributed by atoms with E-state index in [4.69, 9.17) is 4.52 Å². The van der Waals surface area contributed by atoms with Crippen LogP contribution in [-0.4, -0.2) is 22.6 Å². The number of aromatic nitrogens is 2. The lowest BCUT2D eigenvalue weighted by molar-refractivity contribution is -0.116. The Kier molecular flexibility index (Phi) is 4.32. The molecule has 1 atom stereocenters. The van der Waals surface area contributed by atoms with Crippen LogP contribution < -0.4 is 10.2 Å². The first kappa shape index (κ1) is 15.5. The average Bonchev–Trinajstić information content (AvgIpc) is 3.13. The molecular weight excluding hydrogens is 292 g/mol. The number of fused-ring (bicyclic) bond motifs is 1. The van der Waals surface area contributed by atoms with E-state index in [1.54, 1.807) is 6.92 Å². The Morgan fingerprint density at radius 1 is 1.48 bits per heavy atom. The minimum Gasteiger partial charge on any atom is -0.374 e. The Morgan fingerprint density at radius 3 is 3.04 bits per heavy atom. The molecule has 1 aliphatic heterocycles. The second-order valence-corrected chi connectivity index (χ2v) is 5.93. The van der Waals surface area contributed by atoms with Gasteiger partial charge in [0, 0.05) is 31.3 Å². The van der Waals surface area contributed by atoms with E-state index >= 15 is 0 Å². The second-order valence-electron chi connectivity index (χ2n) is 5.93. The third kappa shape index (κ3) is 3.21. The minimum atomic E-state index is -0.0588. The predicted octanol–water partition coefficient (Wildman–Crippen LogP) is 3.10. The van der Waals surface area contributed by atoms with Gasteiger partial charge in [-0.15, -0.1) is 0 Å². The van der Waals surface area contributed by atoms with Crippen molar-refractivity contribution in [2.75, 3.05) is 16.8 Å². The largest absolute Gasteiger partial charge is 0.374 e. The van der Waals surface area contributed by atoms with Gasteiger partial charge in [0.1, 0.15) is 6.04 Å². The van der Waals surface area contributed by atoms with Crippen molar-refractivity contribution in [2.24, 2.45) is 0 Å². The summed E-state index contributed by atoms with van der Waals surface area (Å²) in [7, 11) is 0. The Hall–Kier alpha value is -2.37. The molecule has 6 heteroatoms. The molecule has 1 aromatic heterocycles. The molecule has 122 valence electrons. The topological polar surface area (TPSA) is 71.3 Å². The number of benzene rings is 1. The lowest BCUT2D eigenvalue weighted by Gasteiger charge is -2.16. The van der Waals surface area contributed by atoms with Crippen molar-refractivity contribution < 1.29 is 9.32 Å². The van der Waals surface area contributed by atoms with E-state index < -0.39 is 0 Å². The van der Waals surface area contributed by atoms with E-state index in [2.05, 4.69) is 28.4 Å². The van der Waals surface area contributed by atoms with E-state index in [1.165, 1.54) is 5.56 Å². The van der Waals surface area contributed by atoms with Crippen molar-refractivity contribution in [3.8, 4) is 0 Å². The van der Waals surface area contributed by atoms with Crippen LogP contribution in [0.2, 0.25) is 0 Å². The van der Waals surface area contributed by atoms with Gasteiger partial charge in [0.25, 0.3) is 0 Å². The fraction of sp³-hybridized carbons (Fsp3) is 0.471. The Morgan fingerprint density at radius 2 is 2.30 bits per heavy atom. The first-order valence-electron chi connectivity index (χ1n) is 8.08. The number of aryl methyl sites for hydroxylation is 1. The van der Waals surface area contributed by atoms with Gasteiger partial charge in [0.2, 0.25) is 11.8 Å².